The number of phenolic OH excluding ortho intramolecular Hbond substituents is 1. The number of ether oxygens (including phenoxy) is 1. The highest BCUT2D eigenvalue weighted by Gasteiger charge is 2.29. The summed E-state index contributed by atoms with van der Waals surface area (Å²) in [6, 6.07) is 19.7. The van der Waals surface area contributed by atoms with Gasteiger partial charge in [0.05, 0.1) is 5.69 Å². The van der Waals surface area contributed by atoms with Gasteiger partial charge in [0.15, 0.2) is 0 Å². The number of hydrogen-bond acceptors (Lipinski definition) is 3. The standard InChI is InChI=1S/C22H18BrNO3/c1-13-10-14(23)11-20(25)21(13)24-22(26)27-12-19-17-8-4-2-6-15(17)16-7-3-5-9-18(16)19/h2-11,19,25H,12H2,1H3,(H,24,26). The molecule has 0 unspecified atom stereocenters. The van der Waals surface area contributed by atoms with E-state index in [1.54, 1.807) is 0 Å². The van der Waals surface area contributed by atoms with Crippen LogP contribution in [0.4, 0.5) is 10.5 Å². The van der Waals surface area contributed by atoms with Crippen molar-refractivity contribution in [2.45, 2.75) is 12.8 Å². The molecule has 5 heteroatoms. The quantitative estimate of drug-likeness (QED) is 0.521. The van der Waals surface area contributed by atoms with Gasteiger partial charge in [-0.2, -0.15) is 0 Å². The van der Waals surface area contributed by atoms with Crippen molar-refractivity contribution >= 4 is 27.7 Å². The van der Waals surface area contributed by atoms with Crippen molar-refractivity contribution in [3.63, 3.8) is 0 Å². The minimum Gasteiger partial charge on any atom is -0.506 e. The number of aromatic hydroxyl groups is 1. The number of rotatable bonds is 3. The fourth-order valence-electron chi connectivity index (χ4n) is 3.62. The van der Waals surface area contributed by atoms with Gasteiger partial charge < -0.3 is 9.84 Å². The van der Waals surface area contributed by atoms with E-state index in [2.05, 4.69) is 45.5 Å². The Morgan fingerprint density at radius 1 is 1.07 bits per heavy atom. The molecule has 0 aliphatic heterocycles. The molecule has 3 aromatic rings. The maximum Gasteiger partial charge on any atom is 0.411 e. The Balaban J connectivity index is 1.52. The average Bonchev–Trinajstić information content (AvgIpc) is 2.97. The molecule has 27 heavy (non-hydrogen) atoms. The Hall–Kier alpha value is -2.79. The minimum atomic E-state index is -0.586. The lowest BCUT2D eigenvalue weighted by Crippen LogP contribution is -2.18. The zero-order valence-electron chi connectivity index (χ0n) is 14.7. The van der Waals surface area contributed by atoms with Crippen molar-refractivity contribution in [1.82, 2.24) is 0 Å². The van der Waals surface area contributed by atoms with E-state index in [0.29, 0.717) is 5.69 Å². The summed E-state index contributed by atoms with van der Waals surface area (Å²) >= 11 is 3.32. The lowest BCUT2D eigenvalue weighted by molar-refractivity contribution is 0.158. The molecule has 1 aliphatic carbocycles. The largest absolute Gasteiger partial charge is 0.506 e. The van der Waals surface area contributed by atoms with E-state index >= 15 is 0 Å². The number of anilines is 1. The molecule has 0 spiro atoms. The van der Waals surface area contributed by atoms with Crippen LogP contribution in [0.5, 0.6) is 5.75 Å². The molecule has 0 fully saturated rings. The Bertz CT molecular complexity index is 963. The van der Waals surface area contributed by atoms with Gasteiger partial charge in [-0.05, 0) is 46.9 Å². The molecular formula is C22H18BrNO3. The van der Waals surface area contributed by atoms with E-state index in [-0.39, 0.29) is 18.3 Å². The monoisotopic (exact) mass is 423 g/mol. The van der Waals surface area contributed by atoms with Crippen molar-refractivity contribution in [2.24, 2.45) is 0 Å². The summed E-state index contributed by atoms with van der Waals surface area (Å²) in [6.45, 7) is 2.04. The van der Waals surface area contributed by atoms with Gasteiger partial charge in [-0.1, -0.05) is 64.5 Å². The third-order valence-corrected chi connectivity index (χ3v) is 5.31. The second kappa shape index (κ2) is 7.08. The number of benzene rings is 3. The molecule has 0 atom stereocenters. The summed E-state index contributed by atoms with van der Waals surface area (Å²) in [6.07, 6.45) is -0.586. The van der Waals surface area contributed by atoms with Crippen LogP contribution in [0.15, 0.2) is 65.1 Å². The highest BCUT2D eigenvalue weighted by atomic mass is 79.9. The van der Waals surface area contributed by atoms with Crippen LogP contribution in [0.1, 0.15) is 22.6 Å². The Labute approximate surface area is 165 Å². The molecule has 3 aromatic carbocycles. The maximum atomic E-state index is 12.3. The zero-order chi connectivity index (χ0) is 19.0. The predicted octanol–water partition coefficient (Wildman–Crippen LogP) is 5.82. The molecule has 1 amide bonds. The number of phenols is 1. The van der Waals surface area contributed by atoms with Crippen molar-refractivity contribution in [3.8, 4) is 16.9 Å². The van der Waals surface area contributed by atoms with Crippen molar-refractivity contribution in [1.29, 1.82) is 0 Å². The average molecular weight is 424 g/mol. The second-order valence-corrected chi connectivity index (χ2v) is 7.48. The first kappa shape index (κ1) is 17.6. The van der Waals surface area contributed by atoms with Gasteiger partial charge in [-0.3, -0.25) is 5.32 Å². The van der Waals surface area contributed by atoms with E-state index in [4.69, 9.17) is 4.74 Å². The normalized spacial score (nSPS) is 12.4. The number of carbonyl (C=O) groups excluding carboxylic acids is 1. The topological polar surface area (TPSA) is 58.6 Å². The van der Waals surface area contributed by atoms with Crippen LogP contribution in [-0.2, 0) is 4.74 Å². The molecule has 1 aliphatic rings. The van der Waals surface area contributed by atoms with E-state index in [1.165, 1.54) is 17.2 Å². The van der Waals surface area contributed by atoms with Gasteiger partial charge in [-0.15, -0.1) is 0 Å². The lowest BCUT2D eigenvalue weighted by Gasteiger charge is -2.16. The van der Waals surface area contributed by atoms with Crippen molar-refractivity contribution in [2.75, 3.05) is 11.9 Å². The number of aryl methyl sites for hydroxylation is 1. The summed E-state index contributed by atoms with van der Waals surface area (Å²) < 4.78 is 6.26. The van der Waals surface area contributed by atoms with Crippen LogP contribution in [0.3, 0.4) is 0 Å². The van der Waals surface area contributed by atoms with E-state index in [1.807, 2.05) is 37.3 Å². The van der Waals surface area contributed by atoms with Gasteiger partial charge in [0.1, 0.15) is 12.4 Å². The lowest BCUT2D eigenvalue weighted by atomic mass is 9.98. The molecule has 0 heterocycles. The first-order valence-electron chi connectivity index (χ1n) is 8.65. The summed E-state index contributed by atoms with van der Waals surface area (Å²) in [5.41, 5.74) is 5.79. The van der Waals surface area contributed by atoms with Gasteiger partial charge in [0.25, 0.3) is 0 Å². The number of nitrogens with one attached hydrogen (secondary N) is 1. The molecule has 0 aromatic heterocycles. The Morgan fingerprint density at radius 2 is 1.67 bits per heavy atom. The molecule has 0 bridgehead atoms. The number of hydrogen-bond donors (Lipinski definition) is 2. The van der Waals surface area contributed by atoms with Crippen LogP contribution in [-0.4, -0.2) is 17.8 Å². The summed E-state index contributed by atoms with van der Waals surface area (Å²) in [7, 11) is 0. The maximum absolute atomic E-state index is 12.3. The Kier molecular flexibility index (Phi) is 4.62. The van der Waals surface area contributed by atoms with Gasteiger partial charge in [-0.25, -0.2) is 4.79 Å². The van der Waals surface area contributed by atoms with E-state index in [0.717, 1.165) is 21.2 Å². The summed E-state index contributed by atoms with van der Waals surface area (Å²) in [5, 5.41) is 12.7. The van der Waals surface area contributed by atoms with Crippen LogP contribution < -0.4 is 5.32 Å². The van der Waals surface area contributed by atoms with Gasteiger partial charge in [0, 0.05) is 10.4 Å². The molecule has 136 valence electrons. The first-order valence-corrected chi connectivity index (χ1v) is 9.45. The zero-order valence-corrected chi connectivity index (χ0v) is 16.3. The molecule has 4 rings (SSSR count). The molecule has 0 saturated heterocycles. The van der Waals surface area contributed by atoms with Crippen LogP contribution in [0.25, 0.3) is 11.1 Å². The van der Waals surface area contributed by atoms with Gasteiger partial charge in [0.2, 0.25) is 0 Å². The number of amides is 1. The third kappa shape index (κ3) is 3.30. The van der Waals surface area contributed by atoms with Crippen molar-refractivity contribution in [3.05, 3.63) is 81.8 Å². The fraction of sp³-hybridized carbons (Fsp3) is 0.136. The number of carbonyl (C=O) groups is 1. The number of halogens is 1. The third-order valence-electron chi connectivity index (χ3n) is 4.85. The van der Waals surface area contributed by atoms with Crippen LogP contribution in [0, 0.1) is 6.92 Å². The van der Waals surface area contributed by atoms with E-state index in [9.17, 15) is 9.90 Å². The SMILES string of the molecule is Cc1cc(Br)cc(O)c1NC(=O)OCC1c2ccccc2-c2ccccc21. The van der Waals surface area contributed by atoms with Crippen LogP contribution >= 0.6 is 15.9 Å². The Morgan fingerprint density at radius 3 is 2.26 bits per heavy atom. The molecule has 0 saturated carbocycles. The molecular weight excluding hydrogens is 406 g/mol. The van der Waals surface area contributed by atoms with Gasteiger partial charge >= 0.3 is 6.09 Å². The summed E-state index contributed by atoms with van der Waals surface area (Å²) in [4.78, 5) is 12.3. The minimum absolute atomic E-state index is 0.00256. The number of fused-ring (bicyclic) bond motifs is 3. The highest BCUT2D eigenvalue weighted by molar-refractivity contribution is 9.10. The highest BCUT2D eigenvalue weighted by Crippen LogP contribution is 2.44. The predicted molar refractivity (Wildman–Crippen MR) is 109 cm³/mol. The molecule has 0 radical (unpaired) electrons. The summed E-state index contributed by atoms with van der Waals surface area (Å²) in [5.74, 6) is -0.00172. The molecule has 4 nitrogen and oxygen atoms in total. The fourth-order valence-corrected chi connectivity index (χ4v) is 4.18. The smallest absolute Gasteiger partial charge is 0.411 e. The molecule has 2 N–H and O–H groups in total. The van der Waals surface area contributed by atoms with Crippen LogP contribution in [0.2, 0.25) is 0 Å². The second-order valence-electron chi connectivity index (χ2n) is 6.57. The first-order chi connectivity index (χ1) is 13.0. The van der Waals surface area contributed by atoms with E-state index < -0.39 is 6.09 Å². The van der Waals surface area contributed by atoms with Crippen molar-refractivity contribution < 1.29 is 14.6 Å².